The number of aryl methyl sites for hydroxylation is 1. The Morgan fingerprint density at radius 1 is 1.23 bits per heavy atom. The summed E-state index contributed by atoms with van der Waals surface area (Å²) in [5.74, 6) is -0.0911. The predicted octanol–water partition coefficient (Wildman–Crippen LogP) is 5.97. The van der Waals surface area contributed by atoms with Gasteiger partial charge >= 0.3 is 0 Å². The number of nitrogens with one attached hydrogen (secondary N) is 1. The first-order valence-electron chi connectivity index (χ1n) is 7.78. The van der Waals surface area contributed by atoms with Crippen LogP contribution in [0.25, 0.3) is 5.69 Å². The van der Waals surface area contributed by atoms with E-state index in [2.05, 4.69) is 12.2 Å². The first-order valence-corrected chi connectivity index (χ1v) is 9.76. The highest BCUT2D eigenvalue weighted by atomic mass is 35.5. The third-order valence-corrected chi connectivity index (χ3v) is 6.06. The van der Waals surface area contributed by atoms with Gasteiger partial charge in [-0.1, -0.05) is 59.7 Å². The summed E-state index contributed by atoms with van der Waals surface area (Å²) in [6.07, 6.45) is 0.943. The van der Waals surface area contributed by atoms with Gasteiger partial charge in [0.1, 0.15) is 10.7 Å². The van der Waals surface area contributed by atoms with E-state index in [1.807, 2.05) is 24.3 Å². The molecule has 0 bridgehead atoms. The summed E-state index contributed by atoms with van der Waals surface area (Å²) in [6.45, 7) is 2.09. The first-order chi connectivity index (χ1) is 12.4. The van der Waals surface area contributed by atoms with E-state index in [0.717, 1.165) is 23.4 Å². The number of hydrogen-bond donors (Lipinski definition) is 2. The summed E-state index contributed by atoms with van der Waals surface area (Å²) >= 11 is 18.7. The number of nitrogens with two attached hydrogens (primary N) is 1. The number of nitrogen functional groups attached to an aromatic ring is 1. The van der Waals surface area contributed by atoms with Crippen molar-refractivity contribution < 1.29 is 4.79 Å². The third-order valence-electron chi connectivity index (χ3n) is 3.85. The minimum atomic E-state index is -0.383. The summed E-state index contributed by atoms with van der Waals surface area (Å²) in [5.41, 5.74) is 8.67. The van der Waals surface area contributed by atoms with Crippen molar-refractivity contribution in [2.75, 3.05) is 11.1 Å². The SMILES string of the molecule is CCc1ccc(-n2c(N)c(C(=O)Nc3cccc(Cl)c3Cl)sc2=S)cc1. The van der Waals surface area contributed by atoms with Crippen molar-refractivity contribution in [3.05, 3.63) is 66.9 Å². The smallest absolute Gasteiger partial charge is 0.269 e. The molecule has 0 spiro atoms. The highest BCUT2D eigenvalue weighted by molar-refractivity contribution is 7.73. The van der Waals surface area contributed by atoms with Crippen LogP contribution in [0.2, 0.25) is 10.0 Å². The van der Waals surface area contributed by atoms with Crippen LogP contribution < -0.4 is 11.1 Å². The van der Waals surface area contributed by atoms with Crippen molar-refractivity contribution in [1.29, 1.82) is 0 Å². The van der Waals surface area contributed by atoms with Gasteiger partial charge < -0.3 is 11.1 Å². The lowest BCUT2D eigenvalue weighted by molar-refractivity contribution is 0.103. The number of anilines is 2. The average molecular weight is 424 g/mol. The number of hydrogen-bond acceptors (Lipinski definition) is 4. The fraction of sp³-hybridized carbons (Fsp3) is 0.111. The number of benzene rings is 2. The number of amides is 1. The maximum absolute atomic E-state index is 12.7. The van der Waals surface area contributed by atoms with Crippen LogP contribution in [-0.4, -0.2) is 10.5 Å². The third kappa shape index (κ3) is 3.64. The number of carbonyl (C=O) groups excluding carboxylic acids is 1. The van der Waals surface area contributed by atoms with Crippen LogP contribution in [0, 0.1) is 3.95 Å². The standard InChI is InChI=1S/C18H15Cl2N3OS2/c1-2-10-6-8-11(9-7-10)23-16(21)15(26-18(23)25)17(24)22-13-5-3-4-12(19)14(13)20/h3-9H,2,21H2,1H3,(H,22,24). The fourth-order valence-electron chi connectivity index (χ4n) is 2.45. The van der Waals surface area contributed by atoms with Crippen LogP contribution in [0.5, 0.6) is 0 Å². The Kier molecular flexibility index (Phi) is 5.67. The van der Waals surface area contributed by atoms with Gasteiger partial charge in [0.2, 0.25) is 0 Å². The summed E-state index contributed by atoms with van der Waals surface area (Å²) in [4.78, 5) is 13.0. The molecule has 0 saturated carbocycles. The Morgan fingerprint density at radius 3 is 2.58 bits per heavy atom. The molecule has 26 heavy (non-hydrogen) atoms. The molecule has 1 aromatic heterocycles. The Bertz CT molecular complexity index is 1030. The van der Waals surface area contributed by atoms with Gasteiger partial charge in [0.05, 0.1) is 15.7 Å². The molecule has 4 nitrogen and oxygen atoms in total. The molecule has 2 aromatic carbocycles. The van der Waals surface area contributed by atoms with E-state index in [1.165, 1.54) is 5.56 Å². The zero-order valence-electron chi connectivity index (χ0n) is 13.8. The van der Waals surface area contributed by atoms with Crippen LogP contribution in [0.1, 0.15) is 22.2 Å². The Balaban J connectivity index is 1.95. The highest BCUT2D eigenvalue weighted by Crippen LogP contribution is 2.32. The molecule has 0 aliphatic carbocycles. The molecule has 3 N–H and O–H groups in total. The van der Waals surface area contributed by atoms with E-state index >= 15 is 0 Å². The number of rotatable bonds is 4. The van der Waals surface area contributed by atoms with Crippen LogP contribution in [0.3, 0.4) is 0 Å². The summed E-state index contributed by atoms with van der Waals surface area (Å²) in [5, 5.41) is 3.37. The molecule has 3 aromatic rings. The van der Waals surface area contributed by atoms with Crippen LogP contribution in [0.4, 0.5) is 11.5 Å². The molecule has 0 radical (unpaired) electrons. The number of carbonyl (C=O) groups is 1. The van der Waals surface area contributed by atoms with Gasteiger partial charge in [0, 0.05) is 5.69 Å². The number of nitrogens with zero attached hydrogens (tertiary/aromatic N) is 1. The molecule has 134 valence electrons. The molecule has 8 heteroatoms. The minimum absolute atomic E-state index is 0.277. The molecular formula is C18H15Cl2N3OS2. The normalized spacial score (nSPS) is 10.7. The van der Waals surface area contributed by atoms with E-state index in [9.17, 15) is 4.79 Å². The van der Waals surface area contributed by atoms with Gasteiger partial charge in [-0.05, 0) is 48.5 Å². The van der Waals surface area contributed by atoms with E-state index < -0.39 is 0 Å². The second-order valence-electron chi connectivity index (χ2n) is 5.49. The molecule has 0 saturated heterocycles. The minimum Gasteiger partial charge on any atom is -0.383 e. The Hall–Kier alpha value is -1.86. The second kappa shape index (κ2) is 7.80. The zero-order valence-corrected chi connectivity index (χ0v) is 16.9. The molecule has 0 fully saturated rings. The molecule has 0 unspecified atom stereocenters. The van der Waals surface area contributed by atoms with E-state index in [4.69, 9.17) is 41.2 Å². The van der Waals surface area contributed by atoms with E-state index in [0.29, 0.717) is 25.4 Å². The van der Waals surface area contributed by atoms with Crippen molar-refractivity contribution in [3.63, 3.8) is 0 Å². The topological polar surface area (TPSA) is 60.0 Å². The predicted molar refractivity (Wildman–Crippen MR) is 113 cm³/mol. The van der Waals surface area contributed by atoms with Crippen molar-refractivity contribution in [3.8, 4) is 5.69 Å². The van der Waals surface area contributed by atoms with Crippen LogP contribution in [0.15, 0.2) is 42.5 Å². The van der Waals surface area contributed by atoms with Gasteiger partial charge in [-0.25, -0.2) is 0 Å². The van der Waals surface area contributed by atoms with Gasteiger partial charge in [-0.3, -0.25) is 9.36 Å². The number of halogens is 2. The van der Waals surface area contributed by atoms with Gasteiger partial charge in [-0.2, -0.15) is 0 Å². The van der Waals surface area contributed by atoms with Crippen molar-refractivity contribution >= 4 is 64.2 Å². The van der Waals surface area contributed by atoms with Crippen molar-refractivity contribution in [2.24, 2.45) is 0 Å². The summed E-state index contributed by atoms with van der Waals surface area (Å²) in [6, 6.07) is 12.9. The van der Waals surface area contributed by atoms with Crippen LogP contribution in [-0.2, 0) is 6.42 Å². The molecule has 0 aliphatic heterocycles. The van der Waals surface area contributed by atoms with Crippen molar-refractivity contribution in [2.45, 2.75) is 13.3 Å². The summed E-state index contributed by atoms with van der Waals surface area (Å²) < 4.78 is 2.18. The Labute approximate surface area is 170 Å². The molecule has 0 aliphatic rings. The molecule has 1 amide bonds. The average Bonchev–Trinajstić information content (AvgIpc) is 2.93. The number of thiazole rings is 1. The van der Waals surface area contributed by atoms with Gasteiger partial charge in [0.15, 0.2) is 3.95 Å². The first kappa shape index (κ1) is 18.9. The quantitative estimate of drug-likeness (QED) is 0.507. The maximum Gasteiger partial charge on any atom is 0.269 e. The lowest BCUT2D eigenvalue weighted by Crippen LogP contribution is -2.13. The molecule has 1 heterocycles. The Morgan fingerprint density at radius 2 is 1.92 bits per heavy atom. The van der Waals surface area contributed by atoms with E-state index in [1.54, 1.807) is 22.8 Å². The van der Waals surface area contributed by atoms with Crippen molar-refractivity contribution in [1.82, 2.24) is 4.57 Å². The molecular weight excluding hydrogens is 409 g/mol. The van der Waals surface area contributed by atoms with E-state index in [-0.39, 0.29) is 10.9 Å². The lowest BCUT2D eigenvalue weighted by Gasteiger charge is -2.09. The van der Waals surface area contributed by atoms with Gasteiger partial charge in [-0.15, -0.1) is 0 Å². The molecule has 3 rings (SSSR count). The fourth-order valence-corrected chi connectivity index (χ4v) is 4.06. The molecule has 0 atom stereocenters. The summed E-state index contributed by atoms with van der Waals surface area (Å²) in [7, 11) is 0. The lowest BCUT2D eigenvalue weighted by atomic mass is 10.1. The monoisotopic (exact) mass is 423 g/mol. The number of aromatic nitrogens is 1. The van der Waals surface area contributed by atoms with Crippen LogP contribution >= 0.6 is 46.8 Å². The maximum atomic E-state index is 12.7. The highest BCUT2D eigenvalue weighted by Gasteiger charge is 2.19. The van der Waals surface area contributed by atoms with Gasteiger partial charge in [0.25, 0.3) is 5.91 Å². The second-order valence-corrected chi connectivity index (χ2v) is 7.92. The zero-order chi connectivity index (χ0) is 18.8. The largest absolute Gasteiger partial charge is 0.383 e.